The van der Waals surface area contributed by atoms with Crippen molar-refractivity contribution in [1.29, 1.82) is 0 Å². The molecule has 4 aromatic carbocycles. The van der Waals surface area contributed by atoms with Gasteiger partial charge in [-0.3, -0.25) is 14.4 Å². The first-order valence-electron chi connectivity index (χ1n) is 15.3. The summed E-state index contributed by atoms with van der Waals surface area (Å²) in [4.78, 5) is 52.4. The number of ether oxygens (including phenoxy) is 2. The molecule has 2 N–H and O–H groups in total. The van der Waals surface area contributed by atoms with Gasteiger partial charge in [-0.05, 0) is 46.5 Å². The topological polar surface area (TPSA) is 111 Å². The maximum Gasteiger partial charge on any atom is 0.416 e. The van der Waals surface area contributed by atoms with Gasteiger partial charge in [-0.15, -0.1) is 0 Å². The first-order valence-corrected chi connectivity index (χ1v) is 15.3. The van der Waals surface area contributed by atoms with Crippen molar-refractivity contribution >= 4 is 23.8 Å². The van der Waals surface area contributed by atoms with Crippen LogP contribution < -0.4 is 15.4 Å². The van der Waals surface area contributed by atoms with Gasteiger partial charge in [-0.25, -0.2) is 4.79 Å². The van der Waals surface area contributed by atoms with Gasteiger partial charge in [0.2, 0.25) is 11.8 Å². The van der Waals surface area contributed by atoms with Gasteiger partial charge in [0.15, 0.2) is 5.41 Å². The lowest BCUT2D eigenvalue weighted by Crippen LogP contribution is -2.59. The Labute approximate surface area is 294 Å². The Hall–Kier alpha value is -5.87. The number of esters is 2. The predicted molar refractivity (Wildman–Crippen MR) is 169 cm³/mol. The second-order valence-corrected chi connectivity index (χ2v) is 11.4. The Morgan fingerprint density at radius 3 is 1.64 bits per heavy atom. The number of carbonyl (C=O) groups excluding carboxylic acids is 4. The number of rotatable bonds is 12. The summed E-state index contributed by atoms with van der Waals surface area (Å²) in [6, 6.07) is 21.7. The smallest absolute Gasteiger partial charge is 0.416 e. The molecule has 0 fully saturated rings. The highest BCUT2D eigenvalue weighted by atomic mass is 19.4. The molecule has 0 aliphatic carbocycles. The maximum absolute atomic E-state index is 13.5. The highest BCUT2D eigenvalue weighted by Crippen LogP contribution is 2.34. The Bertz CT molecular complexity index is 1880. The van der Waals surface area contributed by atoms with Crippen molar-refractivity contribution in [2.45, 2.75) is 30.4 Å². The minimum absolute atomic E-state index is 0.144. The SMILES string of the molecule is O=C(Cc1ccc(OC(=O)c2cc(C(F)(F)F)ccc2-c2ccccc2)cc1)OCC(C(=O)NCC(F)(F)F)(C(=O)NCC(F)(F)F)c1ccccc1. The molecule has 0 radical (unpaired) electrons. The molecule has 0 saturated heterocycles. The largest absolute Gasteiger partial charge is 0.463 e. The number of hydrogen-bond acceptors (Lipinski definition) is 6. The number of hydrogen-bond donors (Lipinski definition) is 2. The van der Waals surface area contributed by atoms with E-state index in [0.717, 1.165) is 24.3 Å². The molecule has 0 spiro atoms. The van der Waals surface area contributed by atoms with Gasteiger partial charge >= 0.3 is 30.5 Å². The van der Waals surface area contributed by atoms with Crippen LogP contribution in [0.1, 0.15) is 27.0 Å². The Balaban J connectivity index is 1.53. The van der Waals surface area contributed by atoms with Gasteiger partial charge in [0.25, 0.3) is 0 Å². The van der Waals surface area contributed by atoms with Crippen LogP contribution in [0.5, 0.6) is 5.75 Å². The first kappa shape index (κ1) is 39.9. The summed E-state index contributed by atoms with van der Waals surface area (Å²) in [6.07, 6.45) is -15.3. The van der Waals surface area contributed by atoms with E-state index in [9.17, 15) is 58.7 Å². The molecule has 0 heterocycles. The summed E-state index contributed by atoms with van der Waals surface area (Å²) in [6.45, 7) is -5.22. The standard InChI is InChI=1S/C36H27F9N2O6/c37-34(38,39)19-46-31(50)33(24-9-5-2-6-10-24,32(51)47-20-35(40,41)42)21-52-29(48)17-22-11-14-26(15-12-22)53-30(49)28-18-25(36(43,44)45)13-16-27(28)23-7-3-1-4-8-23/h1-16,18H,17,19-21H2,(H,46,50)(H,47,51). The van der Waals surface area contributed by atoms with Crippen molar-refractivity contribution in [1.82, 2.24) is 10.6 Å². The van der Waals surface area contributed by atoms with Crippen molar-refractivity contribution in [3.63, 3.8) is 0 Å². The fourth-order valence-corrected chi connectivity index (χ4v) is 4.97. The van der Waals surface area contributed by atoms with E-state index in [1.807, 2.05) is 0 Å². The highest BCUT2D eigenvalue weighted by molar-refractivity contribution is 6.11. The monoisotopic (exact) mass is 754 g/mol. The number of carbonyl (C=O) groups is 4. The molecular weight excluding hydrogens is 727 g/mol. The van der Waals surface area contributed by atoms with E-state index in [2.05, 4.69) is 0 Å². The number of halogens is 9. The van der Waals surface area contributed by atoms with E-state index in [0.29, 0.717) is 11.6 Å². The zero-order valence-corrected chi connectivity index (χ0v) is 27.0. The van der Waals surface area contributed by atoms with Crippen molar-refractivity contribution in [2.24, 2.45) is 0 Å². The first-order chi connectivity index (χ1) is 24.8. The van der Waals surface area contributed by atoms with Crippen LogP contribution in [0.25, 0.3) is 11.1 Å². The second kappa shape index (κ2) is 16.2. The third kappa shape index (κ3) is 10.8. The molecule has 0 atom stereocenters. The zero-order valence-electron chi connectivity index (χ0n) is 27.0. The van der Waals surface area contributed by atoms with Crippen LogP contribution in [-0.4, -0.2) is 55.8 Å². The molecule has 8 nitrogen and oxygen atoms in total. The lowest BCUT2D eigenvalue weighted by atomic mass is 9.79. The number of alkyl halides is 9. The summed E-state index contributed by atoms with van der Waals surface area (Å²) in [5.41, 5.74) is -4.00. The van der Waals surface area contributed by atoms with Gasteiger partial charge in [-0.2, -0.15) is 39.5 Å². The van der Waals surface area contributed by atoms with Gasteiger partial charge in [0.1, 0.15) is 25.4 Å². The minimum atomic E-state index is -4.98. The Kier molecular flexibility index (Phi) is 12.2. The summed E-state index contributed by atoms with van der Waals surface area (Å²) in [7, 11) is 0. The van der Waals surface area contributed by atoms with Gasteiger partial charge in [-0.1, -0.05) is 78.9 Å². The van der Waals surface area contributed by atoms with Gasteiger partial charge in [0.05, 0.1) is 17.5 Å². The fraction of sp³-hybridized carbons (Fsp3) is 0.222. The molecule has 0 bridgehead atoms. The Morgan fingerprint density at radius 1 is 0.604 bits per heavy atom. The molecular formula is C36H27F9N2O6. The predicted octanol–water partition coefficient (Wildman–Crippen LogP) is 6.97. The van der Waals surface area contributed by atoms with Crippen LogP contribution in [0, 0.1) is 0 Å². The van der Waals surface area contributed by atoms with Crippen molar-refractivity contribution in [3.05, 3.63) is 125 Å². The molecule has 2 amide bonds. The second-order valence-electron chi connectivity index (χ2n) is 11.4. The van der Waals surface area contributed by atoms with Crippen molar-refractivity contribution in [3.8, 4) is 16.9 Å². The van der Waals surface area contributed by atoms with Gasteiger partial charge < -0.3 is 20.1 Å². The van der Waals surface area contributed by atoms with E-state index < -0.39 is 79.4 Å². The Morgan fingerprint density at radius 2 is 1.13 bits per heavy atom. The van der Waals surface area contributed by atoms with Crippen LogP contribution in [0.2, 0.25) is 0 Å². The third-order valence-corrected chi connectivity index (χ3v) is 7.52. The van der Waals surface area contributed by atoms with E-state index in [4.69, 9.17) is 9.47 Å². The van der Waals surface area contributed by atoms with E-state index in [1.165, 1.54) is 53.1 Å². The summed E-state index contributed by atoms with van der Waals surface area (Å²) in [5.74, 6) is -5.84. The molecule has 0 aliphatic heterocycles. The molecule has 17 heteroatoms. The van der Waals surface area contributed by atoms with Crippen LogP contribution >= 0.6 is 0 Å². The molecule has 0 aliphatic rings. The average Bonchev–Trinajstić information content (AvgIpc) is 3.10. The molecule has 0 unspecified atom stereocenters. The maximum atomic E-state index is 13.5. The number of amides is 2. The van der Waals surface area contributed by atoms with E-state index in [1.54, 1.807) is 30.3 Å². The molecule has 280 valence electrons. The van der Waals surface area contributed by atoms with Crippen molar-refractivity contribution in [2.75, 3.05) is 19.7 Å². The number of benzene rings is 4. The average molecular weight is 755 g/mol. The lowest BCUT2D eigenvalue weighted by molar-refractivity contribution is -0.157. The molecule has 53 heavy (non-hydrogen) atoms. The molecule has 4 aromatic rings. The van der Waals surface area contributed by atoms with Crippen LogP contribution in [0.15, 0.2) is 103 Å². The molecule has 4 rings (SSSR count). The fourth-order valence-electron chi connectivity index (χ4n) is 4.97. The quantitative estimate of drug-likeness (QED) is 0.0700. The summed E-state index contributed by atoms with van der Waals surface area (Å²) in [5, 5.41) is 2.95. The van der Waals surface area contributed by atoms with Crippen LogP contribution in [0.3, 0.4) is 0 Å². The highest BCUT2D eigenvalue weighted by Gasteiger charge is 2.50. The number of nitrogens with one attached hydrogen (secondary N) is 2. The summed E-state index contributed by atoms with van der Waals surface area (Å²) >= 11 is 0. The van der Waals surface area contributed by atoms with Crippen LogP contribution in [0.4, 0.5) is 39.5 Å². The normalized spacial score (nSPS) is 12.1. The van der Waals surface area contributed by atoms with Crippen LogP contribution in [-0.2, 0) is 37.1 Å². The molecule has 0 saturated carbocycles. The van der Waals surface area contributed by atoms with E-state index in [-0.39, 0.29) is 28.0 Å². The van der Waals surface area contributed by atoms with Gasteiger partial charge in [0, 0.05) is 0 Å². The lowest BCUT2D eigenvalue weighted by Gasteiger charge is -2.31. The van der Waals surface area contributed by atoms with Crippen molar-refractivity contribution < 1.29 is 68.2 Å². The summed E-state index contributed by atoms with van der Waals surface area (Å²) < 4.78 is 129. The third-order valence-electron chi connectivity index (χ3n) is 7.52. The molecule has 0 aromatic heterocycles. The zero-order chi connectivity index (χ0) is 39.0. The van der Waals surface area contributed by atoms with E-state index >= 15 is 0 Å². The minimum Gasteiger partial charge on any atom is -0.463 e.